The molecule has 0 spiro atoms. The average molecular weight is 270 g/mol. The maximum Gasteiger partial charge on any atom is 0.319 e. The van der Waals surface area contributed by atoms with Gasteiger partial charge in [-0.25, -0.2) is 4.79 Å². The van der Waals surface area contributed by atoms with Crippen LogP contribution in [0.1, 0.15) is 0 Å². The standard InChI is InChI=1S/C12H18N2O5/c1-19-10-4-2-3-9(5-10)13-11(18)14-12(6-15,7-16)8-17/h2-5,15-17H,6-8H2,1H3,(H2,13,14,18). The molecule has 1 aromatic rings. The van der Waals surface area contributed by atoms with Gasteiger partial charge in [-0.05, 0) is 12.1 Å². The van der Waals surface area contributed by atoms with Crippen LogP contribution in [0.3, 0.4) is 0 Å². The molecule has 5 N–H and O–H groups in total. The third-order valence-corrected chi connectivity index (χ3v) is 2.61. The number of carbonyl (C=O) groups is 1. The summed E-state index contributed by atoms with van der Waals surface area (Å²) >= 11 is 0. The number of nitrogens with one attached hydrogen (secondary N) is 2. The smallest absolute Gasteiger partial charge is 0.319 e. The van der Waals surface area contributed by atoms with E-state index in [2.05, 4.69) is 10.6 Å². The first-order valence-corrected chi connectivity index (χ1v) is 5.65. The molecule has 0 heterocycles. The molecule has 0 aromatic heterocycles. The number of hydrogen-bond acceptors (Lipinski definition) is 5. The molecule has 0 saturated carbocycles. The fourth-order valence-corrected chi connectivity index (χ4v) is 1.37. The summed E-state index contributed by atoms with van der Waals surface area (Å²) in [5, 5.41) is 32.1. The van der Waals surface area contributed by atoms with E-state index < -0.39 is 31.4 Å². The molecule has 0 aliphatic rings. The molecule has 0 fully saturated rings. The number of hydrogen-bond donors (Lipinski definition) is 5. The van der Waals surface area contributed by atoms with Crippen molar-refractivity contribution < 1.29 is 24.9 Å². The summed E-state index contributed by atoms with van der Waals surface area (Å²) in [7, 11) is 1.51. The van der Waals surface area contributed by atoms with Gasteiger partial charge in [-0.2, -0.15) is 0 Å². The van der Waals surface area contributed by atoms with E-state index in [0.29, 0.717) is 11.4 Å². The van der Waals surface area contributed by atoms with Crippen LogP contribution < -0.4 is 15.4 Å². The third-order valence-electron chi connectivity index (χ3n) is 2.61. The second kappa shape index (κ2) is 6.93. The Morgan fingerprint density at radius 2 is 1.89 bits per heavy atom. The maximum atomic E-state index is 11.7. The molecule has 19 heavy (non-hydrogen) atoms. The molecule has 1 aromatic carbocycles. The molecule has 0 saturated heterocycles. The summed E-state index contributed by atoms with van der Waals surface area (Å²) in [6.07, 6.45) is 0. The van der Waals surface area contributed by atoms with Gasteiger partial charge in [-0.3, -0.25) is 0 Å². The third kappa shape index (κ3) is 4.09. The summed E-state index contributed by atoms with van der Waals surface area (Å²) in [4.78, 5) is 11.7. The Morgan fingerprint density at radius 3 is 2.42 bits per heavy atom. The normalized spacial score (nSPS) is 10.9. The summed E-state index contributed by atoms with van der Waals surface area (Å²) in [5.41, 5.74) is -0.970. The highest BCUT2D eigenvalue weighted by Crippen LogP contribution is 2.16. The Balaban J connectivity index is 2.68. The number of aliphatic hydroxyl groups excluding tert-OH is 3. The summed E-state index contributed by atoms with van der Waals surface area (Å²) in [6, 6.07) is 6.04. The number of methoxy groups -OCH3 is 1. The lowest BCUT2D eigenvalue weighted by Gasteiger charge is -2.28. The fraction of sp³-hybridized carbons (Fsp3) is 0.417. The number of benzene rings is 1. The second-order valence-electron chi connectivity index (χ2n) is 4.07. The lowest BCUT2D eigenvalue weighted by atomic mass is 10.0. The molecule has 0 bridgehead atoms. The fourth-order valence-electron chi connectivity index (χ4n) is 1.37. The Bertz CT molecular complexity index is 412. The van der Waals surface area contributed by atoms with Crippen LogP contribution in [-0.4, -0.2) is 53.8 Å². The molecule has 1 rings (SSSR count). The van der Waals surface area contributed by atoms with E-state index in [1.807, 2.05) is 0 Å². The molecule has 0 aliphatic heterocycles. The highest BCUT2D eigenvalue weighted by molar-refractivity contribution is 5.90. The van der Waals surface area contributed by atoms with Crippen LogP contribution >= 0.6 is 0 Å². The first-order valence-electron chi connectivity index (χ1n) is 5.65. The SMILES string of the molecule is COc1cccc(NC(=O)NC(CO)(CO)CO)c1. The molecule has 106 valence electrons. The van der Waals surface area contributed by atoms with E-state index >= 15 is 0 Å². The number of amides is 2. The topological polar surface area (TPSA) is 111 Å². The minimum absolute atomic E-state index is 0.486. The van der Waals surface area contributed by atoms with Gasteiger partial charge >= 0.3 is 6.03 Å². The van der Waals surface area contributed by atoms with E-state index in [-0.39, 0.29) is 0 Å². The minimum atomic E-state index is -1.46. The zero-order valence-corrected chi connectivity index (χ0v) is 10.6. The molecule has 0 radical (unpaired) electrons. The first-order chi connectivity index (χ1) is 9.09. The molecule has 7 nitrogen and oxygen atoms in total. The molecule has 7 heteroatoms. The van der Waals surface area contributed by atoms with Crippen LogP contribution in [0.25, 0.3) is 0 Å². The Kier molecular flexibility index (Phi) is 5.56. The predicted octanol–water partition coefficient (Wildman–Crippen LogP) is -0.468. The van der Waals surface area contributed by atoms with Gasteiger partial charge in [0.05, 0.1) is 26.9 Å². The van der Waals surface area contributed by atoms with Crippen molar-refractivity contribution in [3.63, 3.8) is 0 Å². The van der Waals surface area contributed by atoms with Crippen molar-refractivity contribution in [2.75, 3.05) is 32.2 Å². The van der Waals surface area contributed by atoms with Gasteiger partial charge in [0.15, 0.2) is 0 Å². The zero-order valence-electron chi connectivity index (χ0n) is 10.6. The highest BCUT2D eigenvalue weighted by Gasteiger charge is 2.29. The summed E-state index contributed by atoms with van der Waals surface area (Å²) in [6.45, 7) is -1.73. The van der Waals surface area contributed by atoms with Crippen molar-refractivity contribution in [3.05, 3.63) is 24.3 Å². The average Bonchev–Trinajstić information content (AvgIpc) is 2.45. The first kappa shape index (κ1) is 15.2. The quantitative estimate of drug-likeness (QED) is 0.480. The largest absolute Gasteiger partial charge is 0.497 e. The van der Waals surface area contributed by atoms with Crippen molar-refractivity contribution in [2.45, 2.75) is 5.54 Å². The predicted molar refractivity (Wildman–Crippen MR) is 69.1 cm³/mol. The number of ether oxygens (including phenoxy) is 1. The summed E-state index contributed by atoms with van der Waals surface area (Å²) in [5.74, 6) is 0.579. The Labute approximate surface area is 110 Å². The van der Waals surface area contributed by atoms with Gasteiger partial charge in [0.2, 0.25) is 0 Å². The van der Waals surface area contributed by atoms with E-state index in [9.17, 15) is 4.79 Å². The highest BCUT2D eigenvalue weighted by atomic mass is 16.5. The van der Waals surface area contributed by atoms with E-state index in [4.69, 9.17) is 20.1 Å². The minimum Gasteiger partial charge on any atom is -0.497 e. The van der Waals surface area contributed by atoms with Gasteiger partial charge in [-0.1, -0.05) is 6.07 Å². The Hall–Kier alpha value is -1.83. The number of rotatable bonds is 6. The molecule has 0 aliphatic carbocycles. The Morgan fingerprint density at radius 1 is 1.26 bits per heavy atom. The van der Waals surface area contributed by atoms with Crippen molar-refractivity contribution in [3.8, 4) is 5.75 Å². The lowest BCUT2D eigenvalue weighted by Crippen LogP contribution is -2.58. The van der Waals surface area contributed by atoms with Gasteiger partial charge in [-0.15, -0.1) is 0 Å². The van der Waals surface area contributed by atoms with Crippen molar-refractivity contribution in [2.24, 2.45) is 0 Å². The molecular formula is C12H18N2O5. The second-order valence-corrected chi connectivity index (χ2v) is 4.07. The monoisotopic (exact) mass is 270 g/mol. The van der Waals surface area contributed by atoms with Crippen molar-refractivity contribution in [1.82, 2.24) is 5.32 Å². The lowest BCUT2D eigenvalue weighted by molar-refractivity contribution is 0.0507. The molecule has 0 atom stereocenters. The number of anilines is 1. The van der Waals surface area contributed by atoms with Crippen LogP contribution in [0.15, 0.2) is 24.3 Å². The van der Waals surface area contributed by atoms with Crippen molar-refractivity contribution in [1.29, 1.82) is 0 Å². The zero-order chi connectivity index (χ0) is 14.3. The van der Waals surface area contributed by atoms with Crippen LogP contribution in [-0.2, 0) is 0 Å². The maximum absolute atomic E-state index is 11.7. The van der Waals surface area contributed by atoms with Crippen LogP contribution in [0.5, 0.6) is 5.75 Å². The van der Waals surface area contributed by atoms with E-state index in [0.717, 1.165) is 0 Å². The molecular weight excluding hydrogens is 252 g/mol. The number of aliphatic hydroxyl groups is 3. The van der Waals surface area contributed by atoms with Crippen LogP contribution in [0.2, 0.25) is 0 Å². The summed E-state index contributed by atoms with van der Waals surface area (Å²) < 4.78 is 5.01. The van der Waals surface area contributed by atoms with Crippen LogP contribution in [0, 0.1) is 0 Å². The molecule has 2 amide bonds. The van der Waals surface area contributed by atoms with Crippen LogP contribution in [0.4, 0.5) is 10.5 Å². The van der Waals surface area contributed by atoms with Gasteiger partial charge in [0.25, 0.3) is 0 Å². The van der Waals surface area contributed by atoms with Gasteiger partial charge in [0, 0.05) is 11.8 Å². The number of carbonyl (C=O) groups excluding carboxylic acids is 1. The number of urea groups is 1. The van der Waals surface area contributed by atoms with Gasteiger partial charge in [0.1, 0.15) is 11.3 Å². The molecule has 0 unspecified atom stereocenters. The van der Waals surface area contributed by atoms with Gasteiger partial charge < -0.3 is 30.7 Å². The van der Waals surface area contributed by atoms with E-state index in [1.54, 1.807) is 24.3 Å². The van der Waals surface area contributed by atoms with E-state index in [1.165, 1.54) is 7.11 Å². The van der Waals surface area contributed by atoms with Crippen molar-refractivity contribution >= 4 is 11.7 Å².